The normalized spacial score (nSPS) is 21.0. The number of likely N-dealkylation sites (N-methyl/N-ethyl adjacent to an activating group) is 1. The Morgan fingerprint density at radius 1 is 1.40 bits per heavy atom. The number of benzene rings is 1. The van der Waals surface area contributed by atoms with Gasteiger partial charge < -0.3 is 19.6 Å². The highest BCUT2D eigenvalue weighted by Gasteiger charge is 2.30. The van der Waals surface area contributed by atoms with Gasteiger partial charge in [0, 0.05) is 50.5 Å². The molecule has 0 aliphatic carbocycles. The van der Waals surface area contributed by atoms with Gasteiger partial charge >= 0.3 is 0 Å². The second-order valence-corrected chi connectivity index (χ2v) is 7.49. The number of carbonyl (C=O) groups is 1. The average Bonchev–Trinajstić information content (AvgIpc) is 2.61. The van der Waals surface area contributed by atoms with Gasteiger partial charge in [0.2, 0.25) is 0 Å². The van der Waals surface area contributed by atoms with E-state index in [-0.39, 0.29) is 18.4 Å². The second-order valence-electron chi connectivity index (χ2n) is 7.08. The van der Waals surface area contributed by atoms with Crippen molar-refractivity contribution in [2.45, 2.75) is 13.3 Å². The molecule has 25 heavy (non-hydrogen) atoms. The largest absolute Gasteiger partial charge is 0.396 e. The van der Waals surface area contributed by atoms with Gasteiger partial charge in [-0.05, 0) is 56.0 Å². The van der Waals surface area contributed by atoms with Crippen LogP contribution in [0.2, 0.25) is 5.02 Å². The van der Waals surface area contributed by atoms with Crippen LogP contribution in [0.15, 0.2) is 18.2 Å². The van der Waals surface area contributed by atoms with Crippen LogP contribution in [0.3, 0.4) is 0 Å². The third-order valence-electron chi connectivity index (χ3n) is 4.82. The Kier molecular flexibility index (Phi) is 7.69. The van der Waals surface area contributed by atoms with E-state index in [1.165, 1.54) is 0 Å². The molecule has 0 aromatic heterocycles. The number of hydrogen-bond donors (Lipinski definition) is 1. The first-order chi connectivity index (χ1) is 11.9. The molecule has 1 aromatic rings. The molecule has 1 saturated heterocycles. The number of carbonyl (C=O) groups excluding carboxylic acids is 1. The molecule has 1 aromatic carbocycles. The lowest BCUT2D eigenvalue weighted by atomic mass is 9.88. The molecular formula is C19H29ClN2O3. The number of aliphatic hydroxyl groups is 1. The standard InChI is InChI=1S/C19H29ClN2O3/c1-14-8-17(4-5-18(14)20)19(24)22-11-15(9-16(12-22)13-23)10-21(2)6-7-25-3/h4-5,8,15-16,23H,6-7,9-13H2,1-3H3/t15-,16+/m1/s1. The Hall–Kier alpha value is -1.14. The van der Waals surface area contributed by atoms with Crippen LogP contribution in [-0.4, -0.2) is 74.4 Å². The molecule has 0 saturated carbocycles. The van der Waals surface area contributed by atoms with Crippen LogP contribution in [-0.2, 0) is 4.74 Å². The summed E-state index contributed by atoms with van der Waals surface area (Å²) in [6.45, 7) is 5.79. The van der Waals surface area contributed by atoms with Crippen LogP contribution in [0, 0.1) is 18.8 Å². The van der Waals surface area contributed by atoms with E-state index in [1.807, 2.05) is 17.9 Å². The number of hydrogen-bond acceptors (Lipinski definition) is 4. The maximum Gasteiger partial charge on any atom is 0.253 e. The van der Waals surface area contributed by atoms with Crippen molar-refractivity contribution in [3.05, 3.63) is 34.3 Å². The van der Waals surface area contributed by atoms with Crippen LogP contribution in [0.4, 0.5) is 0 Å². The predicted molar refractivity (Wildman–Crippen MR) is 100 cm³/mol. The van der Waals surface area contributed by atoms with Gasteiger partial charge in [0.1, 0.15) is 0 Å². The van der Waals surface area contributed by atoms with Crippen molar-refractivity contribution in [3.63, 3.8) is 0 Å². The van der Waals surface area contributed by atoms with Crippen LogP contribution >= 0.6 is 11.6 Å². The van der Waals surface area contributed by atoms with Crippen LogP contribution in [0.25, 0.3) is 0 Å². The second kappa shape index (κ2) is 9.53. The number of piperidine rings is 1. The summed E-state index contributed by atoms with van der Waals surface area (Å²) in [5, 5.41) is 10.3. The molecule has 6 heteroatoms. The summed E-state index contributed by atoms with van der Waals surface area (Å²) in [5.41, 5.74) is 1.56. The fourth-order valence-electron chi connectivity index (χ4n) is 3.49. The van der Waals surface area contributed by atoms with Crippen molar-refractivity contribution in [2.75, 3.05) is 53.6 Å². The molecule has 1 N–H and O–H groups in total. The molecule has 0 spiro atoms. The smallest absolute Gasteiger partial charge is 0.253 e. The van der Waals surface area contributed by atoms with Crippen molar-refractivity contribution < 1.29 is 14.6 Å². The molecule has 140 valence electrons. The lowest BCUT2D eigenvalue weighted by Gasteiger charge is -2.38. The van der Waals surface area contributed by atoms with Gasteiger partial charge in [-0.1, -0.05) is 11.6 Å². The molecule has 1 heterocycles. The van der Waals surface area contributed by atoms with E-state index in [1.54, 1.807) is 19.2 Å². The van der Waals surface area contributed by atoms with Crippen molar-refractivity contribution >= 4 is 17.5 Å². The highest BCUT2D eigenvalue weighted by atomic mass is 35.5. The van der Waals surface area contributed by atoms with Gasteiger partial charge in [-0.2, -0.15) is 0 Å². The first-order valence-electron chi connectivity index (χ1n) is 8.78. The average molecular weight is 369 g/mol. The quantitative estimate of drug-likeness (QED) is 0.802. The Labute approximate surface area is 155 Å². The zero-order chi connectivity index (χ0) is 18.4. The van der Waals surface area contributed by atoms with Gasteiger partial charge in [0.05, 0.1) is 6.61 Å². The van der Waals surface area contributed by atoms with Gasteiger partial charge in [-0.25, -0.2) is 0 Å². The number of likely N-dealkylation sites (tertiary alicyclic amines) is 1. The molecule has 5 nitrogen and oxygen atoms in total. The number of methoxy groups -OCH3 is 1. The summed E-state index contributed by atoms with van der Waals surface area (Å²) in [5.74, 6) is 0.500. The van der Waals surface area contributed by atoms with E-state index in [0.717, 1.165) is 25.1 Å². The molecule has 0 unspecified atom stereocenters. The number of amides is 1. The van der Waals surface area contributed by atoms with Gasteiger partial charge in [0.15, 0.2) is 0 Å². The van der Waals surface area contributed by atoms with Gasteiger partial charge in [-0.3, -0.25) is 4.79 Å². The van der Waals surface area contributed by atoms with Gasteiger partial charge in [-0.15, -0.1) is 0 Å². The van der Waals surface area contributed by atoms with Crippen molar-refractivity contribution in [1.82, 2.24) is 9.80 Å². The minimum absolute atomic E-state index is 0.0162. The Balaban J connectivity index is 2.05. The third-order valence-corrected chi connectivity index (χ3v) is 5.25. The van der Waals surface area contributed by atoms with Crippen molar-refractivity contribution in [3.8, 4) is 0 Å². The maximum atomic E-state index is 12.9. The van der Waals surface area contributed by atoms with E-state index >= 15 is 0 Å². The van der Waals surface area contributed by atoms with E-state index in [9.17, 15) is 9.90 Å². The zero-order valence-electron chi connectivity index (χ0n) is 15.4. The Morgan fingerprint density at radius 3 is 2.76 bits per heavy atom. The number of ether oxygens (including phenoxy) is 1. The molecular weight excluding hydrogens is 340 g/mol. The van der Waals surface area contributed by atoms with E-state index in [2.05, 4.69) is 11.9 Å². The molecule has 1 aliphatic heterocycles. The highest BCUT2D eigenvalue weighted by molar-refractivity contribution is 6.31. The lowest BCUT2D eigenvalue weighted by molar-refractivity contribution is 0.0451. The minimum atomic E-state index is 0.0162. The lowest BCUT2D eigenvalue weighted by Crippen LogP contribution is -2.47. The predicted octanol–water partition coefficient (Wildman–Crippen LogP) is 2.30. The zero-order valence-corrected chi connectivity index (χ0v) is 16.1. The van der Waals surface area contributed by atoms with Crippen molar-refractivity contribution in [1.29, 1.82) is 0 Å². The maximum absolute atomic E-state index is 12.9. The molecule has 1 amide bonds. The highest BCUT2D eigenvalue weighted by Crippen LogP contribution is 2.25. The number of aryl methyl sites for hydroxylation is 1. The van der Waals surface area contributed by atoms with Crippen molar-refractivity contribution in [2.24, 2.45) is 11.8 Å². The van der Waals surface area contributed by atoms with Crippen LogP contribution in [0.5, 0.6) is 0 Å². The molecule has 0 radical (unpaired) electrons. The molecule has 1 fully saturated rings. The summed E-state index contributed by atoms with van der Waals surface area (Å²) >= 11 is 6.07. The monoisotopic (exact) mass is 368 g/mol. The van der Waals surface area contributed by atoms with Crippen LogP contribution < -0.4 is 0 Å². The van der Waals surface area contributed by atoms with E-state index < -0.39 is 0 Å². The SMILES string of the molecule is COCCN(C)C[C@H]1C[C@H](CO)CN(C(=O)c2ccc(Cl)c(C)c2)C1. The summed E-state index contributed by atoms with van der Waals surface area (Å²) in [7, 11) is 3.76. The first-order valence-corrected chi connectivity index (χ1v) is 9.16. The summed E-state index contributed by atoms with van der Waals surface area (Å²) in [4.78, 5) is 17.0. The number of aliphatic hydroxyl groups excluding tert-OH is 1. The van der Waals surface area contributed by atoms with Gasteiger partial charge in [0.25, 0.3) is 5.91 Å². The Morgan fingerprint density at radius 2 is 2.12 bits per heavy atom. The van der Waals surface area contributed by atoms with E-state index in [0.29, 0.717) is 36.2 Å². The van der Waals surface area contributed by atoms with E-state index in [4.69, 9.17) is 16.3 Å². The van der Waals surface area contributed by atoms with Crippen LogP contribution in [0.1, 0.15) is 22.3 Å². The molecule has 2 atom stereocenters. The topological polar surface area (TPSA) is 53.0 Å². The summed E-state index contributed by atoms with van der Waals surface area (Å²) < 4.78 is 5.12. The fraction of sp³-hybridized carbons (Fsp3) is 0.632. The third kappa shape index (κ3) is 5.68. The minimum Gasteiger partial charge on any atom is -0.396 e. The molecule has 1 aliphatic rings. The summed E-state index contributed by atoms with van der Waals surface area (Å²) in [6, 6.07) is 5.39. The molecule has 0 bridgehead atoms. The number of halogens is 1. The molecule has 2 rings (SSSR count). The number of nitrogens with zero attached hydrogens (tertiary/aromatic N) is 2. The number of rotatable bonds is 7. The fourth-order valence-corrected chi connectivity index (χ4v) is 3.61. The Bertz CT molecular complexity index is 582. The summed E-state index contributed by atoms with van der Waals surface area (Å²) in [6.07, 6.45) is 0.942. The first kappa shape index (κ1) is 20.2.